The van der Waals surface area contributed by atoms with Gasteiger partial charge >= 0.3 is 0 Å². The molecular formula is C13H16N2O3. The highest BCUT2D eigenvalue weighted by molar-refractivity contribution is 5.42. The normalized spacial score (nSPS) is 10.3. The molecule has 0 aliphatic carbocycles. The largest absolute Gasteiger partial charge is 0.493 e. The van der Waals surface area contributed by atoms with Crippen molar-refractivity contribution in [3.05, 3.63) is 35.5 Å². The molecule has 5 nitrogen and oxygen atoms in total. The van der Waals surface area contributed by atoms with Gasteiger partial charge < -0.3 is 19.7 Å². The number of anilines is 1. The Morgan fingerprint density at radius 2 is 2.11 bits per heavy atom. The molecule has 0 spiro atoms. The fraction of sp³-hybridized carbons (Fsp3) is 0.308. The molecule has 0 atom stereocenters. The average molecular weight is 248 g/mol. The van der Waals surface area contributed by atoms with E-state index in [-0.39, 0.29) is 0 Å². The van der Waals surface area contributed by atoms with Crippen molar-refractivity contribution < 1.29 is 14.0 Å². The van der Waals surface area contributed by atoms with Crippen molar-refractivity contribution in [3.8, 4) is 11.5 Å². The Balaban J connectivity index is 1.94. The summed E-state index contributed by atoms with van der Waals surface area (Å²) in [7, 11) is 1.62. The van der Waals surface area contributed by atoms with Gasteiger partial charge in [-0.05, 0) is 24.6 Å². The lowest BCUT2D eigenvalue weighted by Crippen LogP contribution is -2.03. The van der Waals surface area contributed by atoms with E-state index in [0.717, 1.165) is 22.8 Å². The Labute approximate surface area is 105 Å². The number of methoxy groups -OCH3 is 1. The van der Waals surface area contributed by atoms with Crippen LogP contribution in [0.2, 0.25) is 0 Å². The molecule has 0 radical (unpaired) electrons. The summed E-state index contributed by atoms with van der Waals surface area (Å²) in [6, 6.07) is 7.50. The molecular weight excluding hydrogens is 232 g/mol. The summed E-state index contributed by atoms with van der Waals surface area (Å²) >= 11 is 0. The van der Waals surface area contributed by atoms with Gasteiger partial charge in [0.2, 0.25) is 5.88 Å². The Morgan fingerprint density at radius 3 is 2.78 bits per heavy atom. The molecule has 1 heterocycles. The number of rotatable bonds is 5. The van der Waals surface area contributed by atoms with Crippen molar-refractivity contribution in [1.29, 1.82) is 0 Å². The quantitative estimate of drug-likeness (QED) is 0.878. The van der Waals surface area contributed by atoms with Crippen LogP contribution in [-0.2, 0) is 6.42 Å². The Morgan fingerprint density at radius 1 is 1.28 bits per heavy atom. The van der Waals surface area contributed by atoms with E-state index in [4.69, 9.17) is 19.7 Å². The van der Waals surface area contributed by atoms with E-state index < -0.39 is 0 Å². The summed E-state index contributed by atoms with van der Waals surface area (Å²) in [4.78, 5) is 0. The molecule has 0 fully saturated rings. The Hall–Kier alpha value is -2.17. The van der Waals surface area contributed by atoms with Crippen LogP contribution in [0.25, 0.3) is 0 Å². The molecule has 0 saturated heterocycles. The Kier molecular flexibility index (Phi) is 3.72. The lowest BCUT2D eigenvalue weighted by atomic mass is 10.2. The van der Waals surface area contributed by atoms with Gasteiger partial charge in [-0.25, -0.2) is 0 Å². The van der Waals surface area contributed by atoms with Crippen LogP contribution in [0, 0.1) is 6.92 Å². The maximum Gasteiger partial charge on any atom is 0.222 e. The Bertz CT molecular complexity index is 523. The van der Waals surface area contributed by atoms with Crippen molar-refractivity contribution in [1.82, 2.24) is 5.16 Å². The van der Waals surface area contributed by atoms with Crippen molar-refractivity contribution >= 4 is 5.88 Å². The van der Waals surface area contributed by atoms with Crippen LogP contribution in [0.3, 0.4) is 0 Å². The summed E-state index contributed by atoms with van der Waals surface area (Å²) in [5, 5.41) is 3.79. The molecule has 18 heavy (non-hydrogen) atoms. The van der Waals surface area contributed by atoms with E-state index in [1.807, 2.05) is 25.1 Å². The van der Waals surface area contributed by atoms with E-state index >= 15 is 0 Å². The molecule has 2 aromatic rings. The minimum Gasteiger partial charge on any atom is -0.493 e. The number of nitrogen functional groups attached to an aromatic ring is 1. The summed E-state index contributed by atoms with van der Waals surface area (Å²) in [5.74, 6) is 1.77. The minimum atomic E-state index is 0.318. The summed E-state index contributed by atoms with van der Waals surface area (Å²) < 4.78 is 15.7. The van der Waals surface area contributed by atoms with Crippen LogP contribution >= 0.6 is 0 Å². The molecule has 0 aliphatic heterocycles. The van der Waals surface area contributed by atoms with Gasteiger partial charge in [0.25, 0.3) is 0 Å². The van der Waals surface area contributed by atoms with E-state index in [1.165, 1.54) is 0 Å². The lowest BCUT2D eigenvalue weighted by Gasteiger charge is -2.10. The van der Waals surface area contributed by atoms with E-state index in [2.05, 4.69) is 5.16 Å². The molecule has 2 rings (SSSR count). The third-order valence-electron chi connectivity index (χ3n) is 2.51. The number of aryl methyl sites for hydroxylation is 1. The van der Waals surface area contributed by atoms with Gasteiger partial charge in [-0.3, -0.25) is 0 Å². The lowest BCUT2D eigenvalue weighted by molar-refractivity contribution is 0.294. The highest BCUT2D eigenvalue weighted by Crippen LogP contribution is 2.27. The molecule has 0 bridgehead atoms. The number of benzene rings is 1. The van der Waals surface area contributed by atoms with Crippen LogP contribution in [0.15, 0.2) is 28.8 Å². The van der Waals surface area contributed by atoms with Gasteiger partial charge in [0.1, 0.15) is 0 Å². The maximum atomic E-state index is 5.65. The van der Waals surface area contributed by atoms with Crippen LogP contribution in [0.5, 0.6) is 11.5 Å². The smallest absolute Gasteiger partial charge is 0.222 e. The maximum absolute atomic E-state index is 5.65. The first-order valence-corrected chi connectivity index (χ1v) is 5.67. The zero-order valence-corrected chi connectivity index (χ0v) is 10.5. The topological polar surface area (TPSA) is 70.5 Å². The van der Waals surface area contributed by atoms with E-state index in [1.54, 1.807) is 13.2 Å². The molecule has 0 saturated carbocycles. The molecule has 1 aromatic heterocycles. The molecule has 0 unspecified atom stereocenters. The third-order valence-corrected chi connectivity index (χ3v) is 2.51. The average Bonchev–Trinajstić information content (AvgIpc) is 2.77. The highest BCUT2D eigenvalue weighted by atomic mass is 16.5. The second kappa shape index (κ2) is 5.44. The summed E-state index contributed by atoms with van der Waals surface area (Å²) in [6.07, 6.45) is 0.637. The van der Waals surface area contributed by atoms with E-state index in [0.29, 0.717) is 18.9 Å². The molecule has 0 amide bonds. The van der Waals surface area contributed by atoms with Crippen molar-refractivity contribution in [2.24, 2.45) is 0 Å². The van der Waals surface area contributed by atoms with Gasteiger partial charge in [0, 0.05) is 12.5 Å². The predicted octanol–water partition coefficient (Wildman–Crippen LogP) is 2.20. The molecule has 2 N–H and O–H groups in total. The predicted molar refractivity (Wildman–Crippen MR) is 67.8 cm³/mol. The van der Waals surface area contributed by atoms with Gasteiger partial charge in [-0.1, -0.05) is 11.2 Å². The monoisotopic (exact) mass is 248 g/mol. The van der Waals surface area contributed by atoms with E-state index in [9.17, 15) is 0 Å². The number of nitrogens with two attached hydrogens (primary N) is 1. The first kappa shape index (κ1) is 12.3. The van der Waals surface area contributed by atoms with Gasteiger partial charge in [0.15, 0.2) is 11.5 Å². The zero-order valence-electron chi connectivity index (χ0n) is 10.5. The molecule has 1 aromatic carbocycles. The number of hydrogen-bond acceptors (Lipinski definition) is 5. The van der Waals surface area contributed by atoms with Crippen molar-refractivity contribution in [3.63, 3.8) is 0 Å². The number of hydrogen-bond donors (Lipinski definition) is 1. The molecule has 5 heteroatoms. The first-order valence-electron chi connectivity index (χ1n) is 5.67. The van der Waals surface area contributed by atoms with Gasteiger partial charge in [0.05, 0.1) is 19.4 Å². The van der Waals surface area contributed by atoms with Crippen LogP contribution < -0.4 is 15.2 Å². The van der Waals surface area contributed by atoms with Gasteiger partial charge in [-0.2, -0.15) is 0 Å². The number of ether oxygens (including phenoxy) is 2. The second-order valence-electron chi connectivity index (χ2n) is 3.97. The third kappa shape index (κ3) is 2.94. The SMILES string of the molecule is COc1cc(C)ccc1OCCc1cc(N)on1. The summed E-state index contributed by atoms with van der Waals surface area (Å²) in [6.45, 7) is 2.50. The van der Waals surface area contributed by atoms with Crippen molar-refractivity contribution in [2.45, 2.75) is 13.3 Å². The minimum absolute atomic E-state index is 0.318. The zero-order chi connectivity index (χ0) is 13.0. The first-order chi connectivity index (χ1) is 8.69. The number of aromatic nitrogens is 1. The van der Waals surface area contributed by atoms with Gasteiger partial charge in [-0.15, -0.1) is 0 Å². The fourth-order valence-electron chi connectivity index (χ4n) is 1.61. The van der Waals surface area contributed by atoms with Crippen LogP contribution in [0.1, 0.15) is 11.3 Å². The van der Waals surface area contributed by atoms with Crippen molar-refractivity contribution in [2.75, 3.05) is 19.5 Å². The second-order valence-corrected chi connectivity index (χ2v) is 3.97. The molecule has 96 valence electrons. The van der Waals surface area contributed by atoms with Crippen LogP contribution in [0.4, 0.5) is 5.88 Å². The standard InChI is InChI=1S/C13H16N2O3/c1-9-3-4-11(12(7-9)16-2)17-6-5-10-8-13(14)18-15-10/h3-4,7-8H,5-6,14H2,1-2H3. The van der Waals surface area contributed by atoms with Crippen LogP contribution in [-0.4, -0.2) is 18.9 Å². The fourth-order valence-corrected chi connectivity index (χ4v) is 1.61. The highest BCUT2D eigenvalue weighted by Gasteiger charge is 2.05. The summed E-state index contributed by atoms with van der Waals surface area (Å²) in [5.41, 5.74) is 7.34. The number of nitrogens with zero attached hydrogens (tertiary/aromatic N) is 1. The molecule has 0 aliphatic rings.